The fourth-order valence-electron chi connectivity index (χ4n) is 1.51. The summed E-state index contributed by atoms with van der Waals surface area (Å²) in [6.45, 7) is 0.239. The maximum absolute atomic E-state index is 8.75. The van der Waals surface area contributed by atoms with Crippen LogP contribution in [0.25, 0.3) is 10.9 Å². The van der Waals surface area contributed by atoms with E-state index in [2.05, 4.69) is 4.98 Å². The molecule has 0 spiro atoms. The molecule has 1 aromatic carbocycles. The molecule has 0 atom stereocenters. The van der Waals surface area contributed by atoms with E-state index >= 15 is 0 Å². The highest BCUT2D eigenvalue weighted by molar-refractivity contribution is 7.99. The Morgan fingerprint density at radius 1 is 1.31 bits per heavy atom. The van der Waals surface area contributed by atoms with Crippen molar-refractivity contribution in [2.24, 2.45) is 0 Å². The molecule has 2 aromatic rings. The lowest BCUT2D eigenvalue weighted by molar-refractivity contribution is 0.296. The third kappa shape index (κ3) is 2.46. The molecule has 3 N–H and O–H groups in total. The van der Waals surface area contributed by atoms with Gasteiger partial charge in [-0.25, -0.2) is 0 Å². The van der Waals surface area contributed by atoms with E-state index in [9.17, 15) is 0 Å². The number of benzene rings is 1. The van der Waals surface area contributed by atoms with Gasteiger partial charge in [0.2, 0.25) is 0 Å². The van der Waals surface area contributed by atoms with Crippen LogP contribution in [-0.4, -0.2) is 22.5 Å². The van der Waals surface area contributed by atoms with Crippen LogP contribution in [0, 0.1) is 0 Å². The molecule has 1 heterocycles. The summed E-state index contributed by atoms with van der Waals surface area (Å²) in [4.78, 5) is 5.48. The van der Waals surface area contributed by atoms with Crippen LogP contribution in [0.4, 0.5) is 5.69 Å². The van der Waals surface area contributed by atoms with Crippen LogP contribution in [0.3, 0.4) is 0 Å². The lowest BCUT2D eigenvalue weighted by Gasteiger charge is -2.05. The number of rotatable bonds is 4. The Morgan fingerprint density at radius 3 is 3.00 bits per heavy atom. The van der Waals surface area contributed by atoms with Crippen LogP contribution >= 0.6 is 11.8 Å². The largest absolute Gasteiger partial charge is 0.399 e. The Kier molecular flexibility index (Phi) is 3.64. The lowest BCUT2D eigenvalue weighted by atomic mass is 10.2. The van der Waals surface area contributed by atoms with Gasteiger partial charge in [-0.1, -0.05) is 0 Å². The van der Waals surface area contributed by atoms with Crippen molar-refractivity contribution in [1.29, 1.82) is 0 Å². The zero-order chi connectivity index (χ0) is 11.4. The molecule has 2 rings (SSSR count). The van der Waals surface area contributed by atoms with Crippen molar-refractivity contribution in [3.63, 3.8) is 0 Å². The Morgan fingerprint density at radius 2 is 2.19 bits per heavy atom. The van der Waals surface area contributed by atoms with Crippen molar-refractivity contribution >= 4 is 28.4 Å². The number of pyridine rings is 1. The molecular weight excluding hydrogens is 220 g/mol. The number of nitrogen functional groups attached to an aromatic ring is 1. The molecule has 0 unspecified atom stereocenters. The van der Waals surface area contributed by atoms with Gasteiger partial charge in [0.25, 0.3) is 0 Å². The fraction of sp³-hybridized carbons (Fsp3) is 0.250. The molecule has 0 saturated heterocycles. The molecule has 0 saturated carbocycles. The number of thioether (sulfide) groups is 1. The van der Waals surface area contributed by atoms with Crippen molar-refractivity contribution < 1.29 is 5.11 Å². The minimum absolute atomic E-state index is 0.239. The van der Waals surface area contributed by atoms with E-state index in [1.807, 2.05) is 24.3 Å². The van der Waals surface area contributed by atoms with Gasteiger partial charge in [0.05, 0.1) is 5.52 Å². The second-order valence-electron chi connectivity index (χ2n) is 3.51. The quantitative estimate of drug-likeness (QED) is 0.484. The van der Waals surface area contributed by atoms with Gasteiger partial charge in [0.1, 0.15) is 0 Å². The minimum Gasteiger partial charge on any atom is -0.399 e. The van der Waals surface area contributed by atoms with Crippen LogP contribution in [0.2, 0.25) is 0 Å². The highest BCUT2D eigenvalue weighted by Crippen LogP contribution is 2.27. The number of aliphatic hydroxyl groups excluding tert-OH is 1. The van der Waals surface area contributed by atoms with Gasteiger partial charge in [-0.15, -0.1) is 11.8 Å². The van der Waals surface area contributed by atoms with Crippen molar-refractivity contribution in [2.75, 3.05) is 18.1 Å². The Balaban J connectivity index is 2.30. The molecule has 0 aliphatic carbocycles. The zero-order valence-electron chi connectivity index (χ0n) is 8.89. The van der Waals surface area contributed by atoms with E-state index in [0.717, 1.165) is 28.8 Å². The lowest BCUT2D eigenvalue weighted by Crippen LogP contribution is -1.89. The molecule has 3 nitrogen and oxygen atoms in total. The molecule has 84 valence electrons. The highest BCUT2D eigenvalue weighted by Gasteiger charge is 2.02. The molecule has 0 aliphatic heterocycles. The van der Waals surface area contributed by atoms with Crippen LogP contribution in [-0.2, 0) is 0 Å². The molecule has 16 heavy (non-hydrogen) atoms. The summed E-state index contributed by atoms with van der Waals surface area (Å²) in [6.07, 6.45) is 2.60. The number of nitrogens with zero attached hydrogens (tertiary/aromatic N) is 1. The average molecular weight is 234 g/mol. The third-order valence-electron chi connectivity index (χ3n) is 2.29. The average Bonchev–Trinajstić information content (AvgIpc) is 2.29. The molecule has 0 bridgehead atoms. The molecule has 0 fully saturated rings. The standard InChI is InChI=1S/C12H14N2OS/c13-9-2-3-10-11(8-9)14-5-4-12(10)16-7-1-6-15/h2-5,8,15H,1,6-7,13H2. The maximum Gasteiger partial charge on any atom is 0.0733 e. The first-order valence-corrected chi connectivity index (χ1v) is 6.18. The molecule has 0 aliphatic rings. The Hall–Kier alpha value is -1.26. The van der Waals surface area contributed by atoms with Crippen LogP contribution in [0.15, 0.2) is 35.4 Å². The van der Waals surface area contributed by atoms with Crippen LogP contribution in [0.5, 0.6) is 0 Å². The number of aliphatic hydroxyl groups is 1. The number of aromatic nitrogens is 1. The first-order valence-electron chi connectivity index (χ1n) is 5.19. The predicted octanol–water partition coefficient (Wildman–Crippen LogP) is 2.29. The molecule has 1 aromatic heterocycles. The topological polar surface area (TPSA) is 59.1 Å². The van der Waals surface area contributed by atoms with Gasteiger partial charge in [0.15, 0.2) is 0 Å². The smallest absolute Gasteiger partial charge is 0.0733 e. The summed E-state index contributed by atoms with van der Waals surface area (Å²) in [7, 11) is 0. The summed E-state index contributed by atoms with van der Waals surface area (Å²) >= 11 is 1.74. The highest BCUT2D eigenvalue weighted by atomic mass is 32.2. The second kappa shape index (κ2) is 5.18. The normalized spacial score (nSPS) is 10.8. The number of anilines is 1. The zero-order valence-corrected chi connectivity index (χ0v) is 9.70. The predicted molar refractivity (Wildman–Crippen MR) is 68.6 cm³/mol. The monoisotopic (exact) mass is 234 g/mol. The van der Waals surface area contributed by atoms with Crippen LogP contribution in [0.1, 0.15) is 6.42 Å². The fourth-order valence-corrected chi connectivity index (χ4v) is 2.49. The Labute approximate surface area is 98.7 Å². The summed E-state index contributed by atoms with van der Waals surface area (Å²) in [6, 6.07) is 7.77. The van der Waals surface area contributed by atoms with E-state index in [4.69, 9.17) is 10.8 Å². The van der Waals surface area contributed by atoms with E-state index in [-0.39, 0.29) is 6.61 Å². The summed E-state index contributed by atoms with van der Waals surface area (Å²) in [5.41, 5.74) is 7.37. The van der Waals surface area contributed by atoms with Crippen molar-refractivity contribution in [3.8, 4) is 0 Å². The van der Waals surface area contributed by atoms with Gasteiger partial charge in [-0.2, -0.15) is 0 Å². The first kappa shape index (κ1) is 11.2. The third-order valence-corrected chi connectivity index (χ3v) is 3.45. The van der Waals surface area contributed by atoms with Gasteiger partial charge in [-0.05, 0) is 30.7 Å². The number of hydrogen-bond acceptors (Lipinski definition) is 4. The van der Waals surface area contributed by atoms with Crippen LogP contribution < -0.4 is 5.73 Å². The van der Waals surface area contributed by atoms with Gasteiger partial charge >= 0.3 is 0 Å². The van der Waals surface area contributed by atoms with E-state index in [1.165, 1.54) is 4.90 Å². The second-order valence-corrected chi connectivity index (χ2v) is 4.65. The van der Waals surface area contributed by atoms with E-state index in [0.29, 0.717) is 0 Å². The van der Waals surface area contributed by atoms with Crippen molar-refractivity contribution in [1.82, 2.24) is 4.98 Å². The summed E-state index contributed by atoms with van der Waals surface area (Å²) in [5.74, 6) is 0.917. The molecule has 4 heteroatoms. The Bertz CT molecular complexity index is 487. The summed E-state index contributed by atoms with van der Waals surface area (Å²) < 4.78 is 0. The van der Waals surface area contributed by atoms with E-state index in [1.54, 1.807) is 18.0 Å². The number of nitrogens with two attached hydrogens (primary N) is 1. The molecule has 0 amide bonds. The van der Waals surface area contributed by atoms with Gasteiger partial charge in [-0.3, -0.25) is 4.98 Å². The van der Waals surface area contributed by atoms with Crippen molar-refractivity contribution in [2.45, 2.75) is 11.3 Å². The first-order chi connectivity index (χ1) is 7.81. The van der Waals surface area contributed by atoms with Gasteiger partial charge in [0, 0.05) is 34.5 Å². The van der Waals surface area contributed by atoms with Crippen molar-refractivity contribution in [3.05, 3.63) is 30.5 Å². The number of hydrogen-bond donors (Lipinski definition) is 2. The maximum atomic E-state index is 8.75. The minimum atomic E-state index is 0.239. The summed E-state index contributed by atoms with van der Waals surface area (Å²) in [5, 5.41) is 9.88. The molecule has 0 radical (unpaired) electrons. The number of fused-ring (bicyclic) bond motifs is 1. The van der Waals surface area contributed by atoms with Gasteiger partial charge < -0.3 is 10.8 Å². The van der Waals surface area contributed by atoms with E-state index < -0.39 is 0 Å². The molecular formula is C12H14N2OS. The SMILES string of the molecule is Nc1ccc2c(SCCCO)ccnc2c1.